The van der Waals surface area contributed by atoms with Crippen LogP contribution in [-0.4, -0.2) is 20.6 Å². The second-order valence-electron chi connectivity index (χ2n) is 6.51. The van der Waals surface area contributed by atoms with Crippen LogP contribution in [0.25, 0.3) is 4.96 Å². The van der Waals surface area contributed by atoms with E-state index in [4.69, 9.17) is 16.3 Å². The molecule has 27 heavy (non-hydrogen) atoms. The maximum Gasteiger partial charge on any atom is 0.314 e. The fraction of sp³-hybridized carbons (Fsp3) is 0.368. The second kappa shape index (κ2) is 8.19. The third-order valence-electron chi connectivity index (χ3n) is 4.15. The number of rotatable bonds is 6. The van der Waals surface area contributed by atoms with Crippen LogP contribution in [0.4, 0.5) is 0 Å². The number of carbonyl (C=O) groups excluding carboxylic acids is 1. The van der Waals surface area contributed by atoms with Crippen LogP contribution in [0.5, 0.6) is 0 Å². The lowest BCUT2D eigenvalue weighted by Crippen LogP contribution is -2.22. The fourth-order valence-corrected chi connectivity index (χ4v) is 3.79. The summed E-state index contributed by atoms with van der Waals surface area (Å²) in [5, 5.41) is 5.65. The zero-order valence-electron chi connectivity index (χ0n) is 15.3. The second-order valence-corrected chi connectivity index (χ2v) is 7.99. The Hall–Kier alpha value is -2.25. The van der Waals surface area contributed by atoms with E-state index in [0.29, 0.717) is 15.7 Å². The molecule has 3 rings (SSSR count). The summed E-state index contributed by atoms with van der Waals surface area (Å²) in [6, 6.07) is 8.52. The van der Waals surface area contributed by atoms with Crippen molar-refractivity contribution in [3.63, 3.8) is 0 Å². The lowest BCUT2D eigenvalue weighted by atomic mass is 9.88. The van der Waals surface area contributed by atoms with Crippen LogP contribution >= 0.6 is 22.9 Å². The van der Waals surface area contributed by atoms with Crippen molar-refractivity contribution in [2.24, 2.45) is 5.92 Å². The SMILES string of the molecule is CCc1nn2c(=O)cc(COC(=O)[C@H](c3ccc(Cl)cc3)C(C)C)nc2s1. The number of fused-ring (bicyclic) bond motifs is 1. The van der Waals surface area contributed by atoms with Crippen LogP contribution < -0.4 is 5.56 Å². The van der Waals surface area contributed by atoms with Crippen LogP contribution in [0.1, 0.15) is 43.0 Å². The summed E-state index contributed by atoms with van der Waals surface area (Å²) in [6.07, 6.45) is 0.731. The van der Waals surface area contributed by atoms with Crippen LogP contribution in [0, 0.1) is 5.92 Å². The van der Waals surface area contributed by atoms with E-state index >= 15 is 0 Å². The van der Waals surface area contributed by atoms with E-state index in [1.165, 1.54) is 21.9 Å². The van der Waals surface area contributed by atoms with Crippen LogP contribution in [0.3, 0.4) is 0 Å². The molecule has 1 atom stereocenters. The first-order valence-corrected chi connectivity index (χ1v) is 9.89. The highest BCUT2D eigenvalue weighted by atomic mass is 35.5. The number of esters is 1. The van der Waals surface area contributed by atoms with Gasteiger partial charge in [-0.15, -0.1) is 0 Å². The molecule has 2 aromatic heterocycles. The Morgan fingerprint density at radius 2 is 2.00 bits per heavy atom. The van der Waals surface area contributed by atoms with Gasteiger partial charge in [-0.05, 0) is 30.0 Å². The van der Waals surface area contributed by atoms with Gasteiger partial charge in [0.1, 0.15) is 11.6 Å². The number of aryl methyl sites for hydroxylation is 1. The molecule has 2 heterocycles. The van der Waals surface area contributed by atoms with Gasteiger partial charge < -0.3 is 4.74 Å². The van der Waals surface area contributed by atoms with Gasteiger partial charge in [0, 0.05) is 11.1 Å². The third-order valence-corrected chi connectivity index (χ3v) is 5.46. The van der Waals surface area contributed by atoms with Gasteiger partial charge in [-0.25, -0.2) is 4.98 Å². The number of halogens is 1. The Morgan fingerprint density at radius 1 is 1.30 bits per heavy atom. The van der Waals surface area contributed by atoms with Crippen molar-refractivity contribution >= 4 is 33.9 Å². The Kier molecular flexibility index (Phi) is 5.92. The van der Waals surface area contributed by atoms with Gasteiger partial charge in [0.05, 0.1) is 11.6 Å². The molecule has 0 N–H and O–H groups in total. The molecule has 6 nitrogen and oxygen atoms in total. The third kappa shape index (κ3) is 4.36. The molecule has 0 fully saturated rings. The number of aromatic nitrogens is 3. The van der Waals surface area contributed by atoms with E-state index in [1.54, 1.807) is 12.1 Å². The molecule has 0 unspecified atom stereocenters. The minimum absolute atomic E-state index is 0.0494. The number of carbonyl (C=O) groups is 1. The van der Waals surface area contributed by atoms with E-state index in [1.807, 2.05) is 32.9 Å². The molecule has 0 radical (unpaired) electrons. The number of hydrogen-bond acceptors (Lipinski definition) is 6. The minimum atomic E-state index is -0.415. The summed E-state index contributed by atoms with van der Waals surface area (Å²) >= 11 is 7.29. The molecule has 0 saturated carbocycles. The Bertz CT molecular complexity index is 1010. The predicted molar refractivity (Wildman–Crippen MR) is 105 cm³/mol. The van der Waals surface area contributed by atoms with Gasteiger partial charge in [0.15, 0.2) is 0 Å². The summed E-state index contributed by atoms with van der Waals surface area (Å²) in [7, 11) is 0. The van der Waals surface area contributed by atoms with Gasteiger partial charge in [0.2, 0.25) is 4.96 Å². The number of nitrogens with zero attached hydrogens (tertiary/aromatic N) is 3. The monoisotopic (exact) mass is 405 g/mol. The van der Waals surface area contributed by atoms with Crippen molar-refractivity contribution < 1.29 is 9.53 Å². The fourth-order valence-electron chi connectivity index (χ4n) is 2.81. The molecule has 0 amide bonds. The Morgan fingerprint density at radius 3 is 2.63 bits per heavy atom. The van der Waals surface area contributed by atoms with Crippen molar-refractivity contribution in [3.8, 4) is 0 Å². The van der Waals surface area contributed by atoms with Crippen molar-refractivity contribution in [1.82, 2.24) is 14.6 Å². The van der Waals surface area contributed by atoms with E-state index in [-0.39, 0.29) is 24.1 Å². The van der Waals surface area contributed by atoms with Crippen LogP contribution in [0.15, 0.2) is 35.1 Å². The van der Waals surface area contributed by atoms with Gasteiger partial charge in [-0.3, -0.25) is 9.59 Å². The van der Waals surface area contributed by atoms with Crippen molar-refractivity contribution in [2.75, 3.05) is 0 Å². The molecule has 0 aliphatic heterocycles. The highest BCUT2D eigenvalue weighted by Crippen LogP contribution is 2.27. The normalized spacial score (nSPS) is 12.5. The lowest BCUT2D eigenvalue weighted by molar-refractivity contribution is -0.148. The van der Waals surface area contributed by atoms with E-state index in [9.17, 15) is 9.59 Å². The van der Waals surface area contributed by atoms with Crippen LogP contribution in [0.2, 0.25) is 5.02 Å². The van der Waals surface area contributed by atoms with Gasteiger partial charge in [-0.1, -0.05) is 55.8 Å². The van der Waals surface area contributed by atoms with E-state index < -0.39 is 5.92 Å². The Labute approximate surface area is 165 Å². The summed E-state index contributed by atoms with van der Waals surface area (Å²) in [4.78, 5) is 29.7. The molecule has 0 spiro atoms. The topological polar surface area (TPSA) is 73.6 Å². The summed E-state index contributed by atoms with van der Waals surface area (Å²) < 4.78 is 6.75. The predicted octanol–water partition coefficient (Wildman–Crippen LogP) is 3.85. The molecule has 0 aliphatic rings. The first-order valence-electron chi connectivity index (χ1n) is 8.69. The molecular weight excluding hydrogens is 386 g/mol. The van der Waals surface area contributed by atoms with E-state index in [0.717, 1.165) is 17.0 Å². The molecular formula is C19H20ClN3O3S. The number of benzene rings is 1. The maximum absolute atomic E-state index is 12.7. The molecule has 8 heteroatoms. The average molecular weight is 406 g/mol. The Balaban J connectivity index is 1.78. The summed E-state index contributed by atoms with van der Waals surface area (Å²) in [5.41, 5.74) is 0.983. The standard InChI is InChI=1S/C19H20ClN3O3S/c1-4-15-22-23-16(24)9-14(21-19(23)27-15)10-26-18(25)17(11(2)3)12-5-7-13(20)8-6-12/h5-9,11,17H,4,10H2,1-3H3/t17-/m0/s1. The quantitative estimate of drug-likeness (QED) is 0.582. The zero-order chi connectivity index (χ0) is 19.6. The van der Waals surface area contributed by atoms with Crippen molar-refractivity contribution in [3.05, 3.63) is 62.0 Å². The molecule has 142 valence electrons. The van der Waals surface area contributed by atoms with Gasteiger partial charge in [-0.2, -0.15) is 9.61 Å². The van der Waals surface area contributed by atoms with Crippen LogP contribution in [-0.2, 0) is 22.6 Å². The first-order chi connectivity index (χ1) is 12.9. The molecule has 1 aromatic carbocycles. The number of ether oxygens (including phenoxy) is 1. The van der Waals surface area contributed by atoms with E-state index in [2.05, 4.69) is 10.1 Å². The molecule has 0 bridgehead atoms. The molecule has 0 aliphatic carbocycles. The number of hydrogen-bond donors (Lipinski definition) is 0. The van der Waals surface area contributed by atoms with Gasteiger partial charge >= 0.3 is 5.97 Å². The smallest absolute Gasteiger partial charge is 0.314 e. The largest absolute Gasteiger partial charge is 0.459 e. The maximum atomic E-state index is 12.7. The highest BCUT2D eigenvalue weighted by Gasteiger charge is 2.26. The molecule has 3 aromatic rings. The average Bonchev–Trinajstić information content (AvgIpc) is 3.05. The zero-order valence-corrected chi connectivity index (χ0v) is 16.9. The lowest BCUT2D eigenvalue weighted by Gasteiger charge is -2.19. The molecule has 0 saturated heterocycles. The van der Waals surface area contributed by atoms with Gasteiger partial charge in [0.25, 0.3) is 5.56 Å². The van der Waals surface area contributed by atoms with Crippen molar-refractivity contribution in [2.45, 2.75) is 39.7 Å². The highest BCUT2D eigenvalue weighted by molar-refractivity contribution is 7.16. The summed E-state index contributed by atoms with van der Waals surface area (Å²) in [6.45, 7) is 5.83. The first kappa shape index (κ1) is 19.5. The van der Waals surface area contributed by atoms with Crippen molar-refractivity contribution in [1.29, 1.82) is 0 Å². The minimum Gasteiger partial charge on any atom is -0.459 e. The summed E-state index contributed by atoms with van der Waals surface area (Å²) in [5.74, 6) is -0.719.